The third-order valence-corrected chi connectivity index (χ3v) is 2.54. The average Bonchev–Trinajstić information content (AvgIpc) is 2.19. The molecule has 0 aliphatic carbocycles. The molecule has 84 valence electrons. The van der Waals surface area contributed by atoms with Crippen molar-refractivity contribution in [3.05, 3.63) is 30.3 Å². The number of anilines is 1. The fourth-order valence-corrected chi connectivity index (χ4v) is 1.75. The number of nitrogens with one attached hydrogen (secondary N) is 1. The molecule has 1 unspecified atom stereocenters. The van der Waals surface area contributed by atoms with Crippen LogP contribution in [0.2, 0.25) is 0 Å². The molecule has 2 aromatic carbocycles. The van der Waals surface area contributed by atoms with E-state index < -0.39 is 11.3 Å². The number of rotatable bonds is 2. The van der Waals surface area contributed by atoms with E-state index in [-0.39, 0.29) is 11.5 Å². The molecule has 6 heteroatoms. The number of aromatic hydroxyl groups is 2. The molecular formula is C10H8NO4S-. The summed E-state index contributed by atoms with van der Waals surface area (Å²) in [6, 6.07) is 7.54. The van der Waals surface area contributed by atoms with E-state index in [0.717, 1.165) is 0 Å². The smallest absolute Gasteiger partial charge is 0.158 e. The van der Waals surface area contributed by atoms with Crippen LogP contribution in [-0.2, 0) is 11.3 Å². The molecular weight excluding hydrogens is 230 g/mol. The molecule has 0 saturated heterocycles. The molecule has 0 spiro atoms. The summed E-state index contributed by atoms with van der Waals surface area (Å²) in [6.45, 7) is 0. The number of hydrogen-bond acceptors (Lipinski definition) is 4. The van der Waals surface area contributed by atoms with Crippen molar-refractivity contribution in [2.45, 2.75) is 0 Å². The lowest BCUT2D eigenvalue weighted by Crippen LogP contribution is -2.01. The van der Waals surface area contributed by atoms with Gasteiger partial charge in [-0.2, -0.15) is 0 Å². The Balaban J connectivity index is 2.53. The SMILES string of the molecule is O=S([O-])Nc1ccc2cc(O)c(O)cc2c1. The lowest BCUT2D eigenvalue weighted by molar-refractivity contribution is 0.405. The molecule has 0 bridgehead atoms. The Bertz CT molecular complexity index is 570. The minimum absolute atomic E-state index is 0.208. The van der Waals surface area contributed by atoms with E-state index in [9.17, 15) is 19.0 Å². The summed E-state index contributed by atoms with van der Waals surface area (Å²) >= 11 is -2.38. The van der Waals surface area contributed by atoms with Gasteiger partial charge in [-0.05, 0) is 35.0 Å². The van der Waals surface area contributed by atoms with Crippen molar-refractivity contribution in [1.82, 2.24) is 0 Å². The van der Waals surface area contributed by atoms with E-state index in [0.29, 0.717) is 16.5 Å². The summed E-state index contributed by atoms with van der Waals surface area (Å²) in [7, 11) is 0. The van der Waals surface area contributed by atoms with Crippen LogP contribution < -0.4 is 4.72 Å². The Morgan fingerprint density at radius 3 is 2.31 bits per heavy atom. The number of phenolic OH excluding ortho intramolecular Hbond substituents is 2. The first kappa shape index (κ1) is 10.7. The minimum atomic E-state index is -2.38. The molecule has 0 fully saturated rings. The van der Waals surface area contributed by atoms with Gasteiger partial charge in [-0.1, -0.05) is 6.07 Å². The number of fused-ring (bicyclic) bond motifs is 1. The second-order valence-electron chi connectivity index (χ2n) is 3.24. The Morgan fingerprint density at radius 1 is 1.06 bits per heavy atom. The average molecular weight is 238 g/mol. The Labute approximate surface area is 93.8 Å². The van der Waals surface area contributed by atoms with Crippen molar-refractivity contribution in [1.29, 1.82) is 0 Å². The van der Waals surface area contributed by atoms with Crippen LogP contribution in [0.25, 0.3) is 10.8 Å². The number of benzene rings is 2. The monoisotopic (exact) mass is 238 g/mol. The normalized spacial score (nSPS) is 12.6. The van der Waals surface area contributed by atoms with Crippen LogP contribution in [0.4, 0.5) is 5.69 Å². The van der Waals surface area contributed by atoms with Crippen molar-refractivity contribution >= 4 is 27.7 Å². The maximum absolute atomic E-state index is 10.4. The Hall–Kier alpha value is -1.79. The van der Waals surface area contributed by atoms with Gasteiger partial charge in [-0.15, -0.1) is 0 Å². The van der Waals surface area contributed by atoms with E-state index >= 15 is 0 Å². The summed E-state index contributed by atoms with van der Waals surface area (Å²) in [6.07, 6.45) is 0. The first-order valence-electron chi connectivity index (χ1n) is 4.38. The zero-order valence-corrected chi connectivity index (χ0v) is 8.82. The van der Waals surface area contributed by atoms with Crippen LogP contribution in [0.1, 0.15) is 0 Å². The minimum Gasteiger partial charge on any atom is -0.755 e. The molecule has 3 N–H and O–H groups in total. The molecule has 0 aliphatic rings. The maximum Gasteiger partial charge on any atom is 0.158 e. The first-order chi connectivity index (χ1) is 7.56. The van der Waals surface area contributed by atoms with Gasteiger partial charge in [0.1, 0.15) is 0 Å². The third kappa shape index (κ3) is 2.07. The number of phenols is 2. The molecule has 0 amide bonds. The zero-order valence-electron chi connectivity index (χ0n) is 8.01. The van der Waals surface area contributed by atoms with Crippen molar-refractivity contribution in [3.8, 4) is 11.5 Å². The molecule has 1 atom stereocenters. The van der Waals surface area contributed by atoms with Gasteiger partial charge in [0.05, 0.1) is 0 Å². The highest BCUT2D eigenvalue weighted by atomic mass is 32.2. The molecule has 0 aromatic heterocycles. The van der Waals surface area contributed by atoms with Crippen LogP contribution in [-0.4, -0.2) is 19.0 Å². The Morgan fingerprint density at radius 2 is 1.69 bits per heavy atom. The highest BCUT2D eigenvalue weighted by Gasteiger charge is 2.02. The molecule has 2 aromatic rings. The predicted octanol–water partition coefficient (Wildman–Crippen LogP) is 1.46. The summed E-state index contributed by atoms with van der Waals surface area (Å²) in [5.41, 5.74) is 0.394. The lowest BCUT2D eigenvalue weighted by atomic mass is 10.1. The molecule has 0 saturated carbocycles. The van der Waals surface area contributed by atoms with Gasteiger partial charge in [-0.25, -0.2) is 0 Å². The fourth-order valence-electron chi connectivity index (χ4n) is 1.43. The van der Waals surface area contributed by atoms with Crippen molar-refractivity contribution < 1.29 is 19.0 Å². The standard InChI is InChI=1S/C10H9NO4S/c12-9-4-6-1-2-8(11-16(14)15)3-7(6)5-10(9)13/h1-5,11-13H,(H,14,15)/p-1. The van der Waals surface area contributed by atoms with Gasteiger partial charge in [0.2, 0.25) is 0 Å². The van der Waals surface area contributed by atoms with Gasteiger partial charge in [0.25, 0.3) is 0 Å². The summed E-state index contributed by atoms with van der Waals surface area (Å²) in [4.78, 5) is 0. The second-order valence-corrected chi connectivity index (χ2v) is 3.91. The van der Waals surface area contributed by atoms with Gasteiger partial charge in [0.15, 0.2) is 11.5 Å². The first-order valence-corrected chi connectivity index (χ1v) is 5.45. The largest absolute Gasteiger partial charge is 0.755 e. The van der Waals surface area contributed by atoms with Gasteiger partial charge < -0.3 is 19.5 Å². The maximum atomic E-state index is 10.4. The topological polar surface area (TPSA) is 92.6 Å². The van der Waals surface area contributed by atoms with Crippen molar-refractivity contribution in [2.75, 3.05) is 4.72 Å². The van der Waals surface area contributed by atoms with E-state index in [4.69, 9.17) is 0 Å². The Kier molecular flexibility index (Phi) is 2.67. The highest BCUT2D eigenvalue weighted by molar-refractivity contribution is 7.80. The van der Waals surface area contributed by atoms with E-state index in [1.54, 1.807) is 18.2 Å². The molecule has 0 aliphatic heterocycles. The predicted molar refractivity (Wildman–Crippen MR) is 59.8 cm³/mol. The van der Waals surface area contributed by atoms with Crippen LogP contribution >= 0.6 is 0 Å². The molecule has 0 heterocycles. The van der Waals surface area contributed by atoms with E-state index in [2.05, 4.69) is 4.72 Å². The van der Waals surface area contributed by atoms with Gasteiger partial charge in [-0.3, -0.25) is 4.21 Å². The molecule has 16 heavy (non-hydrogen) atoms. The molecule has 5 nitrogen and oxygen atoms in total. The summed E-state index contributed by atoms with van der Waals surface area (Å²) in [5.74, 6) is -0.450. The zero-order chi connectivity index (χ0) is 11.7. The molecule has 2 rings (SSSR count). The van der Waals surface area contributed by atoms with Crippen LogP contribution in [0, 0.1) is 0 Å². The van der Waals surface area contributed by atoms with E-state index in [1.165, 1.54) is 12.1 Å². The van der Waals surface area contributed by atoms with Gasteiger partial charge >= 0.3 is 0 Å². The highest BCUT2D eigenvalue weighted by Crippen LogP contribution is 2.31. The van der Waals surface area contributed by atoms with Crippen LogP contribution in [0.5, 0.6) is 11.5 Å². The number of hydrogen-bond donors (Lipinski definition) is 3. The van der Waals surface area contributed by atoms with Crippen molar-refractivity contribution in [2.24, 2.45) is 0 Å². The van der Waals surface area contributed by atoms with Crippen LogP contribution in [0.15, 0.2) is 30.3 Å². The summed E-state index contributed by atoms with van der Waals surface area (Å²) in [5, 5.41) is 19.9. The second kappa shape index (κ2) is 3.99. The van der Waals surface area contributed by atoms with Gasteiger partial charge in [0, 0.05) is 17.0 Å². The van der Waals surface area contributed by atoms with E-state index in [1.807, 2.05) is 0 Å². The summed E-state index contributed by atoms with van der Waals surface area (Å²) < 4.78 is 23.1. The molecule has 0 radical (unpaired) electrons. The van der Waals surface area contributed by atoms with Crippen LogP contribution in [0.3, 0.4) is 0 Å². The fraction of sp³-hybridized carbons (Fsp3) is 0. The van der Waals surface area contributed by atoms with Crippen molar-refractivity contribution in [3.63, 3.8) is 0 Å². The third-order valence-electron chi connectivity index (χ3n) is 2.13. The lowest BCUT2D eigenvalue weighted by Gasteiger charge is -2.09. The quantitative estimate of drug-likeness (QED) is 0.545.